The molecule has 108 valence electrons. The van der Waals surface area contributed by atoms with Crippen molar-refractivity contribution in [3.8, 4) is 0 Å². The van der Waals surface area contributed by atoms with Gasteiger partial charge in [0.2, 0.25) is 0 Å². The monoisotopic (exact) mass is 274 g/mol. The zero-order valence-electron chi connectivity index (χ0n) is 12.0. The summed E-state index contributed by atoms with van der Waals surface area (Å²) in [4.78, 5) is 18.6. The first kappa shape index (κ1) is 13.4. The molecule has 0 radical (unpaired) electrons. The fourth-order valence-electron chi connectivity index (χ4n) is 3.73. The third-order valence-corrected chi connectivity index (χ3v) is 4.70. The van der Waals surface area contributed by atoms with Crippen LogP contribution < -0.4 is 4.90 Å². The third-order valence-electron chi connectivity index (χ3n) is 4.70. The Morgan fingerprint density at radius 3 is 2.95 bits per heavy atom. The number of piperidine rings is 1. The van der Waals surface area contributed by atoms with Crippen LogP contribution in [0.25, 0.3) is 0 Å². The molecular weight excluding hydrogens is 252 g/mol. The molecule has 2 aliphatic rings. The average molecular weight is 274 g/mol. The lowest BCUT2D eigenvalue weighted by Gasteiger charge is -2.44. The highest BCUT2D eigenvalue weighted by atomic mass is 16.5. The van der Waals surface area contributed by atoms with Crippen LogP contribution in [-0.2, 0) is 4.74 Å². The Kier molecular flexibility index (Phi) is 3.90. The topological polar surface area (TPSA) is 42.4 Å². The Labute approximate surface area is 120 Å². The molecule has 1 aromatic heterocycles. The summed E-state index contributed by atoms with van der Waals surface area (Å²) in [6, 6.07) is 4.21. The number of carbonyl (C=O) groups is 1. The molecule has 3 rings (SSSR count). The van der Waals surface area contributed by atoms with E-state index in [0.29, 0.717) is 11.6 Å². The van der Waals surface area contributed by atoms with E-state index in [0.717, 1.165) is 18.3 Å². The van der Waals surface area contributed by atoms with Gasteiger partial charge in [0.05, 0.1) is 12.7 Å². The first-order valence-corrected chi connectivity index (χ1v) is 7.60. The minimum Gasteiger partial charge on any atom is -0.465 e. The summed E-state index contributed by atoms with van der Waals surface area (Å²) in [5, 5.41) is 0. The molecule has 2 atom stereocenters. The van der Waals surface area contributed by atoms with Crippen molar-refractivity contribution in [2.75, 3.05) is 18.6 Å². The van der Waals surface area contributed by atoms with E-state index in [4.69, 9.17) is 4.74 Å². The maximum Gasteiger partial charge on any atom is 0.338 e. The molecule has 2 heterocycles. The highest BCUT2D eigenvalue weighted by Gasteiger charge is 2.33. The number of ether oxygens (including phenoxy) is 1. The molecule has 0 aromatic carbocycles. The van der Waals surface area contributed by atoms with E-state index in [9.17, 15) is 4.79 Å². The van der Waals surface area contributed by atoms with Gasteiger partial charge in [0.1, 0.15) is 5.82 Å². The number of fused-ring (bicyclic) bond motifs is 1. The van der Waals surface area contributed by atoms with Crippen LogP contribution in [0.4, 0.5) is 5.82 Å². The lowest BCUT2D eigenvalue weighted by Crippen LogP contribution is -2.47. The fraction of sp³-hybridized carbons (Fsp3) is 0.625. The molecule has 0 spiro atoms. The van der Waals surface area contributed by atoms with Crippen LogP contribution in [0.1, 0.15) is 48.9 Å². The predicted molar refractivity (Wildman–Crippen MR) is 77.9 cm³/mol. The Hall–Kier alpha value is -1.58. The van der Waals surface area contributed by atoms with Crippen molar-refractivity contribution in [3.63, 3.8) is 0 Å². The van der Waals surface area contributed by atoms with E-state index in [-0.39, 0.29) is 5.97 Å². The Morgan fingerprint density at radius 1 is 1.30 bits per heavy atom. The Bertz CT molecular complexity index is 487. The first-order chi connectivity index (χ1) is 9.79. The number of nitrogens with zero attached hydrogens (tertiary/aromatic N) is 2. The van der Waals surface area contributed by atoms with E-state index in [2.05, 4.69) is 9.88 Å². The van der Waals surface area contributed by atoms with Gasteiger partial charge in [0.25, 0.3) is 0 Å². The fourth-order valence-corrected chi connectivity index (χ4v) is 3.73. The van der Waals surface area contributed by atoms with Gasteiger partial charge in [0, 0.05) is 18.8 Å². The highest BCUT2D eigenvalue weighted by molar-refractivity contribution is 5.90. The molecule has 2 unspecified atom stereocenters. The number of anilines is 1. The molecule has 1 aliphatic heterocycles. The molecule has 0 bridgehead atoms. The molecule has 4 nitrogen and oxygen atoms in total. The van der Waals surface area contributed by atoms with Gasteiger partial charge < -0.3 is 9.64 Å². The average Bonchev–Trinajstić information content (AvgIpc) is 2.53. The second-order valence-electron chi connectivity index (χ2n) is 5.84. The smallest absolute Gasteiger partial charge is 0.338 e. The van der Waals surface area contributed by atoms with E-state index in [1.54, 1.807) is 12.3 Å². The van der Waals surface area contributed by atoms with Crippen LogP contribution >= 0.6 is 0 Å². The van der Waals surface area contributed by atoms with E-state index >= 15 is 0 Å². The van der Waals surface area contributed by atoms with Crippen molar-refractivity contribution in [1.82, 2.24) is 4.98 Å². The van der Waals surface area contributed by atoms with Gasteiger partial charge in [0.15, 0.2) is 0 Å². The van der Waals surface area contributed by atoms with Gasteiger partial charge in [-0.05, 0) is 43.7 Å². The Morgan fingerprint density at radius 2 is 2.10 bits per heavy atom. The van der Waals surface area contributed by atoms with Gasteiger partial charge in [-0.15, -0.1) is 0 Å². The number of aromatic nitrogens is 1. The van der Waals surface area contributed by atoms with Crippen LogP contribution in [-0.4, -0.2) is 30.6 Å². The van der Waals surface area contributed by atoms with E-state index in [1.165, 1.54) is 45.6 Å². The second-order valence-corrected chi connectivity index (χ2v) is 5.84. The van der Waals surface area contributed by atoms with Gasteiger partial charge in [-0.3, -0.25) is 0 Å². The molecule has 1 saturated carbocycles. The number of carbonyl (C=O) groups excluding carboxylic acids is 1. The summed E-state index contributed by atoms with van der Waals surface area (Å²) in [5.74, 6) is 1.46. The molecule has 0 N–H and O–H groups in total. The summed E-state index contributed by atoms with van der Waals surface area (Å²) in [7, 11) is 1.42. The normalized spacial score (nSPS) is 25.9. The summed E-state index contributed by atoms with van der Waals surface area (Å²) >= 11 is 0. The van der Waals surface area contributed by atoms with Crippen LogP contribution in [0, 0.1) is 5.92 Å². The van der Waals surface area contributed by atoms with E-state index in [1.807, 2.05) is 6.07 Å². The van der Waals surface area contributed by atoms with Crippen molar-refractivity contribution in [2.45, 2.75) is 44.6 Å². The molecule has 1 saturated heterocycles. The van der Waals surface area contributed by atoms with Crippen molar-refractivity contribution in [2.24, 2.45) is 5.92 Å². The summed E-state index contributed by atoms with van der Waals surface area (Å²) in [6.07, 6.45) is 9.57. The van der Waals surface area contributed by atoms with Crippen LogP contribution in [0.5, 0.6) is 0 Å². The zero-order valence-corrected chi connectivity index (χ0v) is 12.0. The molecule has 1 aliphatic carbocycles. The summed E-state index contributed by atoms with van der Waals surface area (Å²) in [6.45, 7) is 1.05. The minimum absolute atomic E-state index is 0.286. The molecule has 2 fully saturated rings. The van der Waals surface area contributed by atoms with Crippen molar-refractivity contribution >= 4 is 11.8 Å². The second kappa shape index (κ2) is 5.81. The van der Waals surface area contributed by atoms with Gasteiger partial charge in [-0.1, -0.05) is 12.8 Å². The zero-order chi connectivity index (χ0) is 13.9. The van der Waals surface area contributed by atoms with Crippen molar-refractivity contribution in [3.05, 3.63) is 23.9 Å². The SMILES string of the molecule is COC(=O)c1ccnc(N2CCCC3CCCCC32)c1. The number of methoxy groups -OCH3 is 1. The lowest BCUT2D eigenvalue weighted by atomic mass is 9.78. The van der Waals surface area contributed by atoms with Crippen LogP contribution in [0.15, 0.2) is 18.3 Å². The molecule has 20 heavy (non-hydrogen) atoms. The lowest BCUT2D eigenvalue weighted by molar-refractivity contribution is 0.0600. The highest BCUT2D eigenvalue weighted by Crippen LogP contribution is 2.37. The van der Waals surface area contributed by atoms with Gasteiger partial charge >= 0.3 is 5.97 Å². The predicted octanol–water partition coefficient (Wildman–Crippen LogP) is 3.03. The molecule has 1 aromatic rings. The number of pyridine rings is 1. The maximum atomic E-state index is 11.7. The number of esters is 1. The molecular formula is C16H22N2O2. The number of hydrogen-bond acceptors (Lipinski definition) is 4. The third kappa shape index (κ3) is 2.51. The Balaban J connectivity index is 1.85. The quantitative estimate of drug-likeness (QED) is 0.777. The standard InChI is InChI=1S/C16H22N2O2/c1-20-16(19)13-8-9-17-15(11-13)18-10-4-6-12-5-2-3-7-14(12)18/h8-9,11-12,14H,2-7,10H2,1H3. The van der Waals surface area contributed by atoms with Crippen molar-refractivity contribution < 1.29 is 9.53 Å². The van der Waals surface area contributed by atoms with Crippen molar-refractivity contribution in [1.29, 1.82) is 0 Å². The summed E-state index contributed by atoms with van der Waals surface area (Å²) in [5.41, 5.74) is 0.593. The number of rotatable bonds is 2. The van der Waals surface area contributed by atoms with Gasteiger partial charge in [-0.2, -0.15) is 0 Å². The van der Waals surface area contributed by atoms with Crippen LogP contribution in [0.2, 0.25) is 0 Å². The maximum absolute atomic E-state index is 11.7. The number of hydrogen-bond donors (Lipinski definition) is 0. The molecule has 4 heteroatoms. The molecule has 0 amide bonds. The minimum atomic E-state index is -0.286. The first-order valence-electron chi connectivity index (χ1n) is 7.60. The van der Waals surface area contributed by atoms with E-state index < -0.39 is 0 Å². The van der Waals surface area contributed by atoms with Gasteiger partial charge in [-0.25, -0.2) is 9.78 Å². The van der Waals surface area contributed by atoms with Crippen LogP contribution in [0.3, 0.4) is 0 Å². The largest absolute Gasteiger partial charge is 0.465 e. The summed E-state index contributed by atoms with van der Waals surface area (Å²) < 4.78 is 4.80.